The minimum absolute atomic E-state index is 0.0762. The molecule has 20 heavy (non-hydrogen) atoms. The molecule has 0 aliphatic rings. The second kappa shape index (κ2) is 7.42. The number of amides is 1. The number of aromatic nitrogens is 1. The Morgan fingerprint density at radius 1 is 1.40 bits per heavy atom. The Morgan fingerprint density at radius 2 is 2.05 bits per heavy atom. The standard InChI is InChI=1S/C13H20N4O3/c1-4-7-14-12-8-10(11(9-15-12)17(19)20)13(18)16(5-2)6-3/h8-9H,4-7H2,1-3H3,(H,14,15). The van der Waals surface area contributed by atoms with Crippen molar-refractivity contribution in [1.29, 1.82) is 0 Å². The fraction of sp³-hybridized carbons (Fsp3) is 0.538. The molecule has 0 unspecified atom stereocenters. The molecule has 0 atom stereocenters. The average molecular weight is 280 g/mol. The Hall–Kier alpha value is -2.18. The maximum Gasteiger partial charge on any atom is 0.300 e. The van der Waals surface area contributed by atoms with Crippen LogP contribution in [-0.2, 0) is 0 Å². The molecule has 1 aromatic rings. The number of rotatable bonds is 7. The van der Waals surface area contributed by atoms with Crippen LogP contribution in [0, 0.1) is 10.1 Å². The van der Waals surface area contributed by atoms with Crippen LogP contribution in [0.4, 0.5) is 11.5 Å². The highest BCUT2D eigenvalue weighted by Crippen LogP contribution is 2.22. The Labute approximate surface area is 118 Å². The maximum absolute atomic E-state index is 12.3. The van der Waals surface area contributed by atoms with Crippen molar-refractivity contribution in [2.75, 3.05) is 25.0 Å². The molecule has 0 bridgehead atoms. The molecule has 1 heterocycles. The van der Waals surface area contributed by atoms with E-state index in [9.17, 15) is 14.9 Å². The average Bonchev–Trinajstić information content (AvgIpc) is 2.45. The number of pyridine rings is 1. The van der Waals surface area contributed by atoms with Crippen LogP contribution in [0.2, 0.25) is 0 Å². The second-order valence-corrected chi connectivity index (χ2v) is 4.25. The molecule has 7 nitrogen and oxygen atoms in total. The van der Waals surface area contributed by atoms with E-state index in [4.69, 9.17) is 0 Å². The Bertz CT molecular complexity index is 487. The van der Waals surface area contributed by atoms with Gasteiger partial charge in [0.1, 0.15) is 17.6 Å². The molecule has 0 aliphatic carbocycles. The summed E-state index contributed by atoms with van der Waals surface area (Å²) in [6.07, 6.45) is 2.03. The molecule has 1 aromatic heterocycles. The van der Waals surface area contributed by atoms with Crippen LogP contribution in [0.5, 0.6) is 0 Å². The molecule has 0 spiro atoms. The van der Waals surface area contributed by atoms with Gasteiger partial charge in [0.05, 0.1) is 4.92 Å². The lowest BCUT2D eigenvalue weighted by atomic mass is 10.2. The molecule has 0 aliphatic heterocycles. The quantitative estimate of drug-likeness (QED) is 0.611. The lowest BCUT2D eigenvalue weighted by Crippen LogP contribution is -2.31. The maximum atomic E-state index is 12.3. The van der Waals surface area contributed by atoms with Crippen LogP contribution >= 0.6 is 0 Å². The van der Waals surface area contributed by atoms with Crippen LogP contribution in [0.3, 0.4) is 0 Å². The van der Waals surface area contributed by atoms with E-state index < -0.39 is 4.92 Å². The molecule has 0 saturated carbocycles. The van der Waals surface area contributed by atoms with Gasteiger partial charge in [0.25, 0.3) is 11.6 Å². The van der Waals surface area contributed by atoms with Crippen molar-refractivity contribution in [3.05, 3.63) is 27.9 Å². The van der Waals surface area contributed by atoms with E-state index in [0.29, 0.717) is 25.5 Å². The molecule has 1 rings (SSSR count). The Balaban J connectivity index is 3.17. The van der Waals surface area contributed by atoms with Gasteiger partial charge in [-0.25, -0.2) is 4.98 Å². The van der Waals surface area contributed by atoms with Gasteiger partial charge in [-0.2, -0.15) is 0 Å². The summed E-state index contributed by atoms with van der Waals surface area (Å²) in [7, 11) is 0. The Kier molecular flexibility index (Phi) is 5.89. The van der Waals surface area contributed by atoms with E-state index in [1.165, 1.54) is 6.07 Å². The van der Waals surface area contributed by atoms with Crippen LogP contribution in [0.25, 0.3) is 0 Å². The highest BCUT2D eigenvalue weighted by molar-refractivity contribution is 5.98. The molecule has 110 valence electrons. The van der Waals surface area contributed by atoms with Gasteiger partial charge in [-0.1, -0.05) is 6.92 Å². The third-order valence-corrected chi connectivity index (χ3v) is 2.92. The largest absolute Gasteiger partial charge is 0.370 e. The first kappa shape index (κ1) is 15.9. The molecular formula is C13H20N4O3. The van der Waals surface area contributed by atoms with Gasteiger partial charge in [0.2, 0.25) is 0 Å². The number of carbonyl (C=O) groups is 1. The molecule has 0 aromatic carbocycles. The van der Waals surface area contributed by atoms with Gasteiger partial charge in [-0.3, -0.25) is 14.9 Å². The third kappa shape index (κ3) is 3.66. The van der Waals surface area contributed by atoms with Gasteiger partial charge in [-0.05, 0) is 20.3 Å². The van der Waals surface area contributed by atoms with Crippen molar-refractivity contribution in [3.63, 3.8) is 0 Å². The number of anilines is 1. The van der Waals surface area contributed by atoms with Gasteiger partial charge in [-0.15, -0.1) is 0 Å². The number of carbonyl (C=O) groups excluding carboxylic acids is 1. The van der Waals surface area contributed by atoms with E-state index >= 15 is 0 Å². The summed E-state index contributed by atoms with van der Waals surface area (Å²) in [5.74, 6) is 0.136. The molecule has 1 N–H and O–H groups in total. The molecule has 1 amide bonds. The van der Waals surface area contributed by atoms with Gasteiger partial charge < -0.3 is 10.2 Å². The van der Waals surface area contributed by atoms with Gasteiger partial charge in [0, 0.05) is 25.7 Å². The zero-order valence-corrected chi connectivity index (χ0v) is 12.0. The van der Waals surface area contributed by atoms with E-state index in [1.54, 1.807) is 4.90 Å². The summed E-state index contributed by atoms with van der Waals surface area (Å²) in [5, 5.41) is 14.1. The van der Waals surface area contributed by atoms with E-state index in [2.05, 4.69) is 10.3 Å². The normalized spacial score (nSPS) is 10.2. The van der Waals surface area contributed by atoms with Crippen molar-refractivity contribution in [2.24, 2.45) is 0 Å². The second-order valence-electron chi connectivity index (χ2n) is 4.25. The lowest BCUT2D eigenvalue weighted by Gasteiger charge is -2.18. The van der Waals surface area contributed by atoms with E-state index in [0.717, 1.165) is 12.6 Å². The number of nitro groups is 1. The number of hydrogen-bond donors (Lipinski definition) is 1. The van der Waals surface area contributed by atoms with Crippen molar-refractivity contribution < 1.29 is 9.72 Å². The highest BCUT2D eigenvalue weighted by Gasteiger charge is 2.24. The first-order chi connectivity index (χ1) is 9.54. The van der Waals surface area contributed by atoms with Crippen LogP contribution in [-0.4, -0.2) is 40.3 Å². The third-order valence-electron chi connectivity index (χ3n) is 2.92. The van der Waals surface area contributed by atoms with E-state index in [1.807, 2.05) is 20.8 Å². The summed E-state index contributed by atoms with van der Waals surface area (Å²) in [6.45, 7) is 7.39. The fourth-order valence-electron chi connectivity index (χ4n) is 1.80. The fourth-order valence-corrected chi connectivity index (χ4v) is 1.80. The highest BCUT2D eigenvalue weighted by atomic mass is 16.6. The monoisotopic (exact) mass is 280 g/mol. The van der Waals surface area contributed by atoms with Crippen LogP contribution in [0.15, 0.2) is 12.3 Å². The zero-order chi connectivity index (χ0) is 15.1. The van der Waals surface area contributed by atoms with Crippen molar-refractivity contribution in [3.8, 4) is 0 Å². The van der Waals surface area contributed by atoms with Crippen LogP contribution in [0.1, 0.15) is 37.6 Å². The number of hydrogen-bond acceptors (Lipinski definition) is 5. The molecule has 0 saturated heterocycles. The first-order valence-corrected chi connectivity index (χ1v) is 6.72. The predicted octanol–water partition coefficient (Wildman–Crippen LogP) is 2.29. The minimum atomic E-state index is -0.576. The molecular weight excluding hydrogens is 260 g/mol. The van der Waals surface area contributed by atoms with Crippen molar-refractivity contribution in [2.45, 2.75) is 27.2 Å². The predicted molar refractivity (Wildman–Crippen MR) is 76.9 cm³/mol. The molecule has 0 fully saturated rings. The SMILES string of the molecule is CCCNc1cc(C(=O)N(CC)CC)c([N+](=O)[O-])cn1. The van der Waals surface area contributed by atoms with Crippen molar-refractivity contribution in [1.82, 2.24) is 9.88 Å². The smallest absolute Gasteiger partial charge is 0.300 e. The lowest BCUT2D eigenvalue weighted by molar-refractivity contribution is -0.385. The molecule has 7 heteroatoms. The minimum Gasteiger partial charge on any atom is -0.370 e. The van der Waals surface area contributed by atoms with E-state index in [-0.39, 0.29) is 17.2 Å². The topological polar surface area (TPSA) is 88.4 Å². The van der Waals surface area contributed by atoms with Gasteiger partial charge >= 0.3 is 0 Å². The Morgan fingerprint density at radius 3 is 2.55 bits per heavy atom. The molecule has 0 radical (unpaired) electrons. The van der Waals surface area contributed by atoms with Crippen LogP contribution < -0.4 is 5.32 Å². The summed E-state index contributed by atoms with van der Waals surface area (Å²) in [5.41, 5.74) is -0.184. The summed E-state index contributed by atoms with van der Waals surface area (Å²) in [6, 6.07) is 1.45. The zero-order valence-electron chi connectivity index (χ0n) is 12.0. The number of nitrogens with zero attached hydrogens (tertiary/aromatic N) is 3. The van der Waals surface area contributed by atoms with Crippen molar-refractivity contribution >= 4 is 17.4 Å². The summed E-state index contributed by atoms with van der Waals surface area (Å²) >= 11 is 0. The summed E-state index contributed by atoms with van der Waals surface area (Å²) < 4.78 is 0. The number of nitrogens with one attached hydrogen (secondary N) is 1. The van der Waals surface area contributed by atoms with Gasteiger partial charge in [0.15, 0.2) is 0 Å². The first-order valence-electron chi connectivity index (χ1n) is 6.72. The summed E-state index contributed by atoms with van der Waals surface area (Å²) in [4.78, 5) is 28.3.